The number of hydrogen-bond donors (Lipinski definition) is 5. The number of unbranched alkanes of at least 4 members (excludes halogenated alkanes) is 3. The number of carbonyl (C=O) groups is 3. The van der Waals surface area contributed by atoms with E-state index >= 15 is 0 Å². The second-order valence-corrected chi connectivity index (χ2v) is 13.3. The molecule has 262 valence electrons. The predicted molar refractivity (Wildman–Crippen MR) is 195 cm³/mol. The van der Waals surface area contributed by atoms with Gasteiger partial charge in [0.2, 0.25) is 11.8 Å². The van der Waals surface area contributed by atoms with E-state index in [4.69, 9.17) is 15.2 Å². The van der Waals surface area contributed by atoms with Crippen LogP contribution in [0, 0.1) is 0 Å². The fourth-order valence-electron chi connectivity index (χ4n) is 5.64. The molecule has 0 saturated carbocycles. The molecule has 4 aromatic carbocycles. The number of nitrogen functional groups attached to an aromatic ring is 1. The molecule has 2 amide bonds. The summed E-state index contributed by atoms with van der Waals surface area (Å²) in [5.74, 6) is -0.500. The van der Waals surface area contributed by atoms with Crippen LogP contribution in [-0.2, 0) is 25.7 Å². The zero-order valence-electron chi connectivity index (χ0n) is 27.8. The van der Waals surface area contributed by atoms with Gasteiger partial charge in [0.25, 0.3) is 0 Å². The average Bonchev–Trinajstić information content (AvgIpc) is 3.13. The maximum atomic E-state index is 12.8. The Bertz CT molecular complexity index is 1730. The van der Waals surface area contributed by atoms with Crippen molar-refractivity contribution in [1.82, 2.24) is 0 Å². The Kier molecular flexibility index (Phi) is 13.4. The Balaban J connectivity index is 1.13. The zero-order valence-corrected chi connectivity index (χ0v) is 28.6. The Hall–Kier alpha value is -4.68. The highest BCUT2D eigenvalue weighted by Crippen LogP contribution is 2.40. The van der Waals surface area contributed by atoms with E-state index in [9.17, 15) is 24.6 Å². The fourth-order valence-corrected chi connectivity index (χ4v) is 6.56. The number of carbonyl (C=O) groups excluding carboxylic acids is 2. The van der Waals surface area contributed by atoms with Crippen molar-refractivity contribution in [3.05, 3.63) is 119 Å². The summed E-state index contributed by atoms with van der Waals surface area (Å²) in [6.45, 7) is -0.0415. The molecule has 11 heteroatoms. The lowest BCUT2D eigenvalue weighted by Gasteiger charge is -2.36. The number of aliphatic hydroxyl groups is 1. The third kappa shape index (κ3) is 10.9. The Morgan fingerprint density at radius 1 is 0.780 bits per heavy atom. The number of hydrogen-bond acceptors (Lipinski definition) is 8. The van der Waals surface area contributed by atoms with Gasteiger partial charge in [0.15, 0.2) is 6.29 Å². The lowest BCUT2D eigenvalue weighted by atomic mass is 10.0. The van der Waals surface area contributed by atoms with E-state index in [-0.39, 0.29) is 36.2 Å². The van der Waals surface area contributed by atoms with Gasteiger partial charge in [-0.1, -0.05) is 61.4 Å². The van der Waals surface area contributed by atoms with Crippen LogP contribution < -0.4 is 16.4 Å². The van der Waals surface area contributed by atoms with Crippen molar-refractivity contribution in [3.8, 4) is 0 Å². The van der Waals surface area contributed by atoms with E-state index in [1.807, 2.05) is 60.7 Å². The van der Waals surface area contributed by atoms with Gasteiger partial charge in [-0.15, -0.1) is 11.8 Å². The summed E-state index contributed by atoms with van der Waals surface area (Å²) in [7, 11) is 0. The first-order chi connectivity index (χ1) is 24.3. The normalized spacial score (nSPS) is 17.2. The van der Waals surface area contributed by atoms with Crippen LogP contribution >= 0.6 is 11.8 Å². The number of thioether (sulfide) groups is 1. The van der Waals surface area contributed by atoms with Crippen molar-refractivity contribution in [1.29, 1.82) is 0 Å². The van der Waals surface area contributed by atoms with Crippen molar-refractivity contribution in [2.24, 2.45) is 0 Å². The second kappa shape index (κ2) is 18.4. The van der Waals surface area contributed by atoms with E-state index in [1.165, 1.54) is 0 Å². The van der Waals surface area contributed by atoms with Crippen LogP contribution in [0.5, 0.6) is 0 Å². The molecule has 4 aromatic rings. The summed E-state index contributed by atoms with van der Waals surface area (Å²) in [4.78, 5) is 37.2. The Labute approximate surface area is 296 Å². The van der Waals surface area contributed by atoms with Crippen LogP contribution in [0.15, 0.2) is 102 Å². The minimum atomic E-state index is -0.963. The topological polar surface area (TPSA) is 160 Å². The molecule has 0 aliphatic carbocycles. The number of carboxylic acids is 1. The lowest BCUT2D eigenvalue weighted by molar-refractivity contribution is -0.245. The largest absolute Gasteiger partial charge is 0.478 e. The summed E-state index contributed by atoms with van der Waals surface area (Å²) in [6.07, 6.45) is 3.36. The number of anilines is 3. The van der Waals surface area contributed by atoms with Gasteiger partial charge in [0.1, 0.15) is 0 Å². The molecular formula is C39H43N3O7S. The summed E-state index contributed by atoms with van der Waals surface area (Å²) in [5.41, 5.74) is 10.5. The quantitative estimate of drug-likeness (QED) is 0.0449. The summed E-state index contributed by atoms with van der Waals surface area (Å²) < 4.78 is 12.9. The van der Waals surface area contributed by atoms with Crippen molar-refractivity contribution < 1.29 is 34.1 Å². The SMILES string of the molecule is Nc1ccccc1NC(=O)CCCCCCC(=O)Nc1cccc([C@H]2O[C@@H](CSc3ccc(C(=O)O)cc3)C[C@@H](c3ccc(CO)cc3)O2)c1. The minimum Gasteiger partial charge on any atom is -0.478 e. The second-order valence-electron chi connectivity index (χ2n) is 12.2. The zero-order chi connectivity index (χ0) is 35.3. The summed E-state index contributed by atoms with van der Waals surface area (Å²) >= 11 is 1.59. The smallest absolute Gasteiger partial charge is 0.335 e. The van der Waals surface area contributed by atoms with Crippen LogP contribution in [-0.4, -0.2) is 39.9 Å². The highest BCUT2D eigenvalue weighted by Gasteiger charge is 2.32. The first kappa shape index (κ1) is 36.6. The molecular weight excluding hydrogens is 655 g/mol. The molecule has 1 aliphatic heterocycles. The molecule has 5 rings (SSSR count). The molecule has 1 heterocycles. The van der Waals surface area contributed by atoms with Gasteiger partial charge in [0, 0.05) is 41.2 Å². The van der Waals surface area contributed by atoms with E-state index in [0.717, 1.165) is 40.8 Å². The Morgan fingerprint density at radius 3 is 2.16 bits per heavy atom. The van der Waals surface area contributed by atoms with Crippen molar-refractivity contribution in [2.45, 2.75) is 74.9 Å². The molecule has 3 atom stereocenters. The molecule has 1 aliphatic rings. The summed E-state index contributed by atoms with van der Waals surface area (Å²) in [5, 5.41) is 24.5. The van der Waals surface area contributed by atoms with E-state index in [0.29, 0.717) is 48.5 Å². The number of amides is 2. The Morgan fingerprint density at radius 2 is 1.48 bits per heavy atom. The van der Waals surface area contributed by atoms with Crippen LogP contribution in [0.1, 0.15) is 84.4 Å². The lowest BCUT2D eigenvalue weighted by Crippen LogP contribution is -2.31. The number of para-hydroxylation sites is 2. The number of ether oxygens (including phenoxy) is 2. The van der Waals surface area contributed by atoms with Crippen LogP contribution in [0.2, 0.25) is 0 Å². The molecule has 1 saturated heterocycles. The standard InChI is InChI=1S/C39H43N3O7S/c40-33-10-5-6-11-34(33)42-37(45)13-4-2-1-3-12-36(44)41-30-9-7-8-29(22-30)39-48-31(25-50-32-20-18-28(19-21-32)38(46)47)23-35(49-39)27-16-14-26(24-43)15-17-27/h5-11,14-22,31,35,39,43H,1-4,12-13,23-25,40H2,(H,41,44)(H,42,45)(H,46,47)/t31-,35+,39+/m1/s1. The molecule has 0 radical (unpaired) electrons. The number of nitrogens with one attached hydrogen (secondary N) is 2. The van der Waals surface area contributed by atoms with Crippen molar-refractivity contribution in [3.63, 3.8) is 0 Å². The molecule has 0 bridgehead atoms. The molecule has 0 unspecified atom stereocenters. The van der Waals surface area contributed by atoms with Gasteiger partial charge in [-0.2, -0.15) is 0 Å². The molecule has 10 nitrogen and oxygen atoms in total. The van der Waals surface area contributed by atoms with Gasteiger partial charge in [-0.3, -0.25) is 9.59 Å². The highest BCUT2D eigenvalue weighted by molar-refractivity contribution is 7.99. The first-order valence-corrected chi connectivity index (χ1v) is 17.8. The first-order valence-electron chi connectivity index (χ1n) is 16.8. The van der Waals surface area contributed by atoms with Crippen molar-refractivity contribution in [2.75, 3.05) is 22.1 Å². The van der Waals surface area contributed by atoms with Gasteiger partial charge >= 0.3 is 5.97 Å². The third-order valence-corrected chi connectivity index (χ3v) is 9.53. The number of aliphatic hydroxyl groups excluding tert-OH is 1. The number of aromatic carboxylic acids is 1. The number of nitrogens with two attached hydrogens (primary N) is 1. The van der Waals surface area contributed by atoms with Crippen molar-refractivity contribution >= 4 is 46.6 Å². The molecule has 0 aromatic heterocycles. The molecule has 1 fully saturated rings. The summed E-state index contributed by atoms with van der Waals surface area (Å²) in [6, 6.07) is 29.1. The maximum Gasteiger partial charge on any atom is 0.335 e. The van der Waals surface area contributed by atoms with Crippen LogP contribution in [0.4, 0.5) is 17.1 Å². The number of carboxylic acid groups (broad SMARTS) is 1. The number of rotatable bonds is 16. The minimum absolute atomic E-state index is 0.0415. The van der Waals surface area contributed by atoms with Gasteiger partial charge in [-0.25, -0.2) is 4.79 Å². The fraction of sp³-hybridized carbons (Fsp3) is 0.308. The van der Waals surface area contributed by atoms with Gasteiger partial charge in [0.05, 0.1) is 35.8 Å². The highest BCUT2D eigenvalue weighted by atomic mass is 32.2. The molecule has 0 spiro atoms. The monoisotopic (exact) mass is 697 g/mol. The average molecular weight is 698 g/mol. The van der Waals surface area contributed by atoms with E-state index < -0.39 is 12.3 Å². The van der Waals surface area contributed by atoms with E-state index in [1.54, 1.807) is 48.2 Å². The van der Waals surface area contributed by atoms with Gasteiger partial charge < -0.3 is 36.1 Å². The third-order valence-electron chi connectivity index (χ3n) is 8.39. The van der Waals surface area contributed by atoms with Gasteiger partial charge in [-0.05, 0) is 72.5 Å². The molecule has 50 heavy (non-hydrogen) atoms. The maximum absolute atomic E-state index is 12.8. The van der Waals surface area contributed by atoms with Crippen LogP contribution in [0.3, 0.4) is 0 Å². The molecule has 6 N–H and O–H groups in total. The predicted octanol–water partition coefficient (Wildman–Crippen LogP) is 7.71. The van der Waals surface area contributed by atoms with Crippen LogP contribution in [0.25, 0.3) is 0 Å². The number of benzene rings is 4. The van der Waals surface area contributed by atoms with E-state index in [2.05, 4.69) is 10.6 Å².